The lowest BCUT2D eigenvalue weighted by Crippen LogP contribution is -2.54. The molecule has 0 aromatic carbocycles. The van der Waals surface area contributed by atoms with Crippen molar-refractivity contribution in [1.29, 1.82) is 0 Å². The van der Waals surface area contributed by atoms with E-state index in [-0.39, 0.29) is 0 Å². The molecule has 3 aliphatic rings. The molecule has 1 aliphatic carbocycles. The molecule has 1 N–H and O–H groups in total. The number of piperidine rings is 1. The quantitative estimate of drug-likeness (QED) is 0.810. The summed E-state index contributed by atoms with van der Waals surface area (Å²) in [5.74, 6) is 0. The molecule has 2 saturated heterocycles. The first-order chi connectivity index (χ1) is 8.56. The van der Waals surface area contributed by atoms with Gasteiger partial charge in [-0.15, -0.1) is 0 Å². The number of nitrogens with zero attached hydrogens (tertiary/aromatic N) is 1. The van der Waals surface area contributed by atoms with Gasteiger partial charge in [-0.1, -0.05) is 26.7 Å². The molecule has 104 valence electrons. The van der Waals surface area contributed by atoms with Crippen molar-refractivity contribution in [3.63, 3.8) is 0 Å². The van der Waals surface area contributed by atoms with Crippen LogP contribution in [0.25, 0.3) is 0 Å². The topological polar surface area (TPSA) is 15.3 Å². The van der Waals surface area contributed by atoms with Crippen molar-refractivity contribution in [3.8, 4) is 0 Å². The largest absolute Gasteiger partial charge is 0.311 e. The predicted molar refractivity (Wildman–Crippen MR) is 76.8 cm³/mol. The van der Waals surface area contributed by atoms with E-state index in [9.17, 15) is 0 Å². The maximum atomic E-state index is 4.04. The van der Waals surface area contributed by atoms with Crippen LogP contribution in [0, 0.1) is 5.41 Å². The Morgan fingerprint density at radius 2 is 1.67 bits per heavy atom. The van der Waals surface area contributed by atoms with E-state index >= 15 is 0 Å². The van der Waals surface area contributed by atoms with Gasteiger partial charge in [0, 0.05) is 24.2 Å². The van der Waals surface area contributed by atoms with Crippen LogP contribution in [0.4, 0.5) is 0 Å². The van der Waals surface area contributed by atoms with Crippen molar-refractivity contribution < 1.29 is 0 Å². The van der Waals surface area contributed by atoms with Gasteiger partial charge in [0.2, 0.25) is 0 Å². The summed E-state index contributed by atoms with van der Waals surface area (Å²) < 4.78 is 0. The number of rotatable bonds is 2. The predicted octanol–water partition coefficient (Wildman–Crippen LogP) is 3.17. The Balaban J connectivity index is 1.60. The Hall–Kier alpha value is -0.0800. The van der Waals surface area contributed by atoms with Crippen molar-refractivity contribution in [2.24, 2.45) is 5.41 Å². The Kier molecular flexibility index (Phi) is 3.44. The zero-order chi connectivity index (χ0) is 12.8. The standard InChI is InChI=1S/C16H30N2/c1-16(2)9-5-4-6-15(16)17-12-10-13-7-8-14(11-12)18(13)3/h12-15,17H,4-11H2,1-3H3. The van der Waals surface area contributed by atoms with Crippen LogP contribution in [0.2, 0.25) is 0 Å². The maximum Gasteiger partial charge on any atom is 0.0121 e. The molecular formula is C16H30N2. The fourth-order valence-corrected chi connectivity index (χ4v) is 4.64. The van der Waals surface area contributed by atoms with Crippen molar-refractivity contribution >= 4 is 0 Å². The molecule has 0 spiro atoms. The Labute approximate surface area is 113 Å². The first-order valence-corrected chi connectivity index (χ1v) is 8.04. The van der Waals surface area contributed by atoms with Crippen LogP contribution in [-0.2, 0) is 0 Å². The summed E-state index contributed by atoms with van der Waals surface area (Å²) in [6.45, 7) is 4.93. The minimum absolute atomic E-state index is 0.515. The van der Waals surface area contributed by atoms with Crippen LogP contribution in [0.3, 0.4) is 0 Å². The molecule has 0 radical (unpaired) electrons. The molecule has 2 nitrogen and oxygen atoms in total. The number of hydrogen-bond acceptors (Lipinski definition) is 2. The normalized spacial score (nSPS) is 44.2. The molecule has 3 atom stereocenters. The van der Waals surface area contributed by atoms with Gasteiger partial charge in [0.1, 0.15) is 0 Å². The van der Waals surface area contributed by atoms with Gasteiger partial charge in [0.05, 0.1) is 0 Å². The average Bonchev–Trinajstić information content (AvgIpc) is 2.55. The monoisotopic (exact) mass is 250 g/mol. The third-order valence-electron chi connectivity index (χ3n) is 6.04. The molecule has 18 heavy (non-hydrogen) atoms. The van der Waals surface area contributed by atoms with Gasteiger partial charge in [0.25, 0.3) is 0 Å². The lowest BCUT2D eigenvalue weighted by Gasteiger charge is -2.44. The van der Waals surface area contributed by atoms with Crippen molar-refractivity contribution in [3.05, 3.63) is 0 Å². The molecule has 2 aliphatic heterocycles. The fraction of sp³-hybridized carbons (Fsp3) is 1.00. The summed E-state index contributed by atoms with van der Waals surface area (Å²) >= 11 is 0. The second kappa shape index (κ2) is 4.79. The Morgan fingerprint density at radius 1 is 1.00 bits per heavy atom. The SMILES string of the molecule is CN1C2CCC1CC(NC1CCCCC1(C)C)C2. The highest BCUT2D eigenvalue weighted by Gasteiger charge is 2.40. The highest BCUT2D eigenvalue weighted by molar-refractivity contribution is 4.98. The van der Waals surface area contributed by atoms with Gasteiger partial charge >= 0.3 is 0 Å². The lowest BCUT2D eigenvalue weighted by molar-refractivity contribution is 0.105. The van der Waals surface area contributed by atoms with E-state index in [0.717, 1.165) is 24.2 Å². The summed E-state index contributed by atoms with van der Waals surface area (Å²) in [4.78, 5) is 2.64. The van der Waals surface area contributed by atoms with Crippen molar-refractivity contribution in [2.75, 3.05) is 7.05 Å². The number of hydrogen-bond donors (Lipinski definition) is 1. The van der Waals surface area contributed by atoms with E-state index in [4.69, 9.17) is 0 Å². The molecule has 3 unspecified atom stereocenters. The zero-order valence-electron chi connectivity index (χ0n) is 12.4. The van der Waals surface area contributed by atoms with Crippen LogP contribution in [-0.4, -0.2) is 36.1 Å². The van der Waals surface area contributed by atoms with E-state index in [1.807, 2.05) is 0 Å². The van der Waals surface area contributed by atoms with E-state index in [1.165, 1.54) is 51.4 Å². The molecule has 0 amide bonds. The van der Waals surface area contributed by atoms with Gasteiger partial charge < -0.3 is 10.2 Å². The smallest absolute Gasteiger partial charge is 0.0121 e. The maximum absolute atomic E-state index is 4.04. The average molecular weight is 250 g/mol. The van der Waals surface area contributed by atoms with Crippen LogP contribution in [0.1, 0.15) is 65.2 Å². The summed E-state index contributed by atoms with van der Waals surface area (Å²) in [5, 5.41) is 4.04. The van der Waals surface area contributed by atoms with Gasteiger partial charge in [0.15, 0.2) is 0 Å². The Morgan fingerprint density at radius 3 is 2.28 bits per heavy atom. The molecule has 2 bridgehead atoms. The molecule has 2 heteroatoms. The minimum atomic E-state index is 0.515. The molecule has 0 aromatic heterocycles. The molecule has 2 heterocycles. The first-order valence-electron chi connectivity index (χ1n) is 8.04. The molecule has 1 saturated carbocycles. The van der Waals surface area contributed by atoms with Gasteiger partial charge in [-0.3, -0.25) is 0 Å². The van der Waals surface area contributed by atoms with Gasteiger partial charge in [-0.25, -0.2) is 0 Å². The van der Waals surface area contributed by atoms with Crippen molar-refractivity contribution in [1.82, 2.24) is 10.2 Å². The van der Waals surface area contributed by atoms with Crippen LogP contribution < -0.4 is 5.32 Å². The summed E-state index contributed by atoms with van der Waals surface area (Å²) in [6, 6.07) is 3.29. The second-order valence-corrected chi connectivity index (χ2v) is 7.67. The number of fused-ring (bicyclic) bond motifs is 2. The van der Waals surface area contributed by atoms with E-state index < -0.39 is 0 Å². The first kappa shape index (κ1) is 12.9. The molecular weight excluding hydrogens is 220 g/mol. The molecule has 0 aromatic rings. The third kappa shape index (κ3) is 2.34. The minimum Gasteiger partial charge on any atom is -0.311 e. The van der Waals surface area contributed by atoms with Crippen LogP contribution in [0.5, 0.6) is 0 Å². The summed E-state index contributed by atoms with van der Waals surface area (Å²) in [5.41, 5.74) is 0.515. The highest BCUT2D eigenvalue weighted by Crippen LogP contribution is 2.38. The Bertz CT molecular complexity index is 285. The molecule has 3 fully saturated rings. The van der Waals surface area contributed by atoms with E-state index in [1.54, 1.807) is 0 Å². The van der Waals surface area contributed by atoms with Crippen LogP contribution >= 0.6 is 0 Å². The van der Waals surface area contributed by atoms with Crippen molar-refractivity contribution in [2.45, 2.75) is 89.4 Å². The van der Waals surface area contributed by atoms with Gasteiger partial charge in [-0.2, -0.15) is 0 Å². The zero-order valence-corrected chi connectivity index (χ0v) is 12.4. The fourth-order valence-electron chi connectivity index (χ4n) is 4.64. The number of nitrogens with one attached hydrogen (secondary N) is 1. The lowest BCUT2D eigenvalue weighted by atomic mass is 9.73. The van der Waals surface area contributed by atoms with E-state index in [0.29, 0.717) is 5.41 Å². The summed E-state index contributed by atoms with van der Waals surface area (Å²) in [6.07, 6.45) is 11.3. The van der Waals surface area contributed by atoms with Gasteiger partial charge in [-0.05, 0) is 51.0 Å². The highest BCUT2D eigenvalue weighted by atomic mass is 15.2. The summed E-state index contributed by atoms with van der Waals surface area (Å²) in [7, 11) is 2.34. The van der Waals surface area contributed by atoms with Crippen LogP contribution in [0.15, 0.2) is 0 Å². The third-order valence-corrected chi connectivity index (χ3v) is 6.04. The van der Waals surface area contributed by atoms with E-state index in [2.05, 4.69) is 31.1 Å². The molecule has 3 rings (SSSR count). The second-order valence-electron chi connectivity index (χ2n) is 7.67.